The van der Waals surface area contributed by atoms with Crippen molar-refractivity contribution in [3.8, 4) is 0 Å². The molecule has 0 saturated heterocycles. The molecule has 0 aliphatic heterocycles. The van der Waals surface area contributed by atoms with E-state index in [9.17, 15) is 0 Å². The fourth-order valence-corrected chi connectivity index (χ4v) is 2.65. The van der Waals surface area contributed by atoms with Crippen molar-refractivity contribution in [2.45, 2.75) is 84.5 Å². The summed E-state index contributed by atoms with van der Waals surface area (Å²) in [5.41, 5.74) is 2.19. The number of aromatic nitrogens is 2. The SMILES string of the molecule is CCCCCCC(C)(CCCC)c1nonc1C. The molecule has 1 unspecified atom stereocenters. The Morgan fingerprint density at radius 3 is 2.17 bits per heavy atom. The second kappa shape index (κ2) is 7.55. The highest BCUT2D eigenvalue weighted by atomic mass is 16.6. The maximum absolute atomic E-state index is 4.90. The number of rotatable bonds is 9. The predicted octanol–water partition coefficient (Wildman–Crippen LogP) is 4.80. The molecule has 104 valence electrons. The lowest BCUT2D eigenvalue weighted by atomic mass is 9.76. The van der Waals surface area contributed by atoms with Crippen LogP contribution in [0.3, 0.4) is 0 Å². The number of aryl methyl sites for hydroxylation is 1. The Labute approximate surface area is 111 Å². The van der Waals surface area contributed by atoms with Gasteiger partial charge in [0.05, 0.1) is 0 Å². The van der Waals surface area contributed by atoms with Crippen molar-refractivity contribution in [3.63, 3.8) is 0 Å². The fraction of sp³-hybridized carbons (Fsp3) is 0.867. The summed E-state index contributed by atoms with van der Waals surface area (Å²) < 4.78 is 4.90. The van der Waals surface area contributed by atoms with E-state index in [1.54, 1.807) is 0 Å². The van der Waals surface area contributed by atoms with Crippen molar-refractivity contribution in [1.82, 2.24) is 10.3 Å². The topological polar surface area (TPSA) is 38.9 Å². The second-order valence-electron chi connectivity index (χ2n) is 5.67. The molecule has 1 atom stereocenters. The Morgan fingerprint density at radius 2 is 1.61 bits per heavy atom. The van der Waals surface area contributed by atoms with Crippen LogP contribution in [0.5, 0.6) is 0 Å². The molecule has 0 aromatic carbocycles. The van der Waals surface area contributed by atoms with Gasteiger partial charge in [-0.15, -0.1) is 0 Å². The Morgan fingerprint density at radius 1 is 0.944 bits per heavy atom. The van der Waals surface area contributed by atoms with E-state index in [2.05, 4.69) is 31.1 Å². The summed E-state index contributed by atoms with van der Waals surface area (Å²) in [6.45, 7) is 8.82. The molecule has 0 spiro atoms. The average molecular weight is 252 g/mol. The van der Waals surface area contributed by atoms with Gasteiger partial charge in [-0.3, -0.25) is 0 Å². The van der Waals surface area contributed by atoms with Gasteiger partial charge in [0.15, 0.2) is 0 Å². The lowest BCUT2D eigenvalue weighted by Gasteiger charge is -2.27. The van der Waals surface area contributed by atoms with Crippen molar-refractivity contribution in [1.29, 1.82) is 0 Å². The van der Waals surface area contributed by atoms with E-state index >= 15 is 0 Å². The van der Waals surface area contributed by atoms with Crippen LogP contribution < -0.4 is 0 Å². The van der Waals surface area contributed by atoms with Gasteiger partial charge in [-0.2, -0.15) is 0 Å². The highest BCUT2D eigenvalue weighted by molar-refractivity contribution is 5.17. The predicted molar refractivity (Wildman–Crippen MR) is 74.7 cm³/mol. The van der Waals surface area contributed by atoms with E-state index in [1.807, 2.05) is 6.92 Å². The maximum atomic E-state index is 4.90. The Bertz CT molecular complexity index is 335. The minimum absolute atomic E-state index is 0.147. The summed E-state index contributed by atoms with van der Waals surface area (Å²) >= 11 is 0. The van der Waals surface area contributed by atoms with E-state index in [1.165, 1.54) is 51.4 Å². The highest BCUT2D eigenvalue weighted by Crippen LogP contribution is 2.35. The normalized spacial score (nSPS) is 14.7. The molecule has 1 aromatic rings. The molecule has 1 heterocycles. The number of hydrogen-bond donors (Lipinski definition) is 0. The molecule has 18 heavy (non-hydrogen) atoms. The molecule has 3 nitrogen and oxygen atoms in total. The molecule has 0 radical (unpaired) electrons. The molecule has 0 aliphatic rings. The molecule has 0 amide bonds. The van der Waals surface area contributed by atoms with Crippen LogP contribution in [0.2, 0.25) is 0 Å². The van der Waals surface area contributed by atoms with Crippen molar-refractivity contribution in [3.05, 3.63) is 11.4 Å². The van der Waals surface area contributed by atoms with Crippen LogP contribution in [0.25, 0.3) is 0 Å². The first-order chi connectivity index (χ1) is 8.64. The fourth-order valence-electron chi connectivity index (χ4n) is 2.65. The smallest absolute Gasteiger partial charge is 0.113 e. The summed E-state index contributed by atoms with van der Waals surface area (Å²) in [7, 11) is 0. The van der Waals surface area contributed by atoms with Crippen molar-refractivity contribution in [2.24, 2.45) is 0 Å². The molecule has 1 aromatic heterocycles. The summed E-state index contributed by atoms with van der Waals surface area (Å²) in [6, 6.07) is 0. The molecular weight excluding hydrogens is 224 g/mol. The minimum Gasteiger partial charge on any atom is -0.244 e. The minimum atomic E-state index is 0.147. The molecule has 1 rings (SSSR count). The summed E-state index contributed by atoms with van der Waals surface area (Å²) in [4.78, 5) is 0. The van der Waals surface area contributed by atoms with Gasteiger partial charge in [-0.25, -0.2) is 4.63 Å². The van der Waals surface area contributed by atoms with E-state index in [-0.39, 0.29) is 5.41 Å². The molecule has 0 aliphatic carbocycles. The summed E-state index contributed by atoms with van der Waals surface area (Å²) in [5, 5.41) is 8.10. The van der Waals surface area contributed by atoms with Crippen LogP contribution in [-0.2, 0) is 5.41 Å². The van der Waals surface area contributed by atoms with Gasteiger partial charge in [-0.1, -0.05) is 69.6 Å². The Hall–Kier alpha value is -0.860. The lowest BCUT2D eigenvalue weighted by molar-refractivity contribution is 0.281. The van der Waals surface area contributed by atoms with Gasteiger partial charge in [0.2, 0.25) is 0 Å². The van der Waals surface area contributed by atoms with Crippen molar-refractivity contribution in [2.75, 3.05) is 0 Å². The molecule has 3 heteroatoms. The standard InChI is InChI=1S/C15H28N2O/c1-5-7-9-10-12-15(4,11-8-6-2)14-13(3)16-18-17-14/h5-12H2,1-4H3. The average Bonchev–Trinajstić information content (AvgIpc) is 2.79. The van der Waals surface area contributed by atoms with Gasteiger partial charge in [0.1, 0.15) is 11.4 Å². The zero-order valence-corrected chi connectivity index (χ0v) is 12.5. The molecular formula is C15H28N2O. The van der Waals surface area contributed by atoms with E-state index in [0.29, 0.717) is 0 Å². The lowest BCUT2D eigenvalue weighted by Crippen LogP contribution is -2.23. The molecule has 0 N–H and O–H groups in total. The largest absolute Gasteiger partial charge is 0.244 e. The third-order valence-corrected chi connectivity index (χ3v) is 3.89. The molecule has 0 fully saturated rings. The Balaban J connectivity index is 2.66. The van der Waals surface area contributed by atoms with Crippen LogP contribution >= 0.6 is 0 Å². The Kier molecular flexibility index (Phi) is 6.37. The highest BCUT2D eigenvalue weighted by Gasteiger charge is 2.31. The third kappa shape index (κ3) is 4.11. The number of nitrogens with zero attached hydrogens (tertiary/aromatic N) is 2. The van der Waals surface area contributed by atoms with Crippen LogP contribution in [0, 0.1) is 6.92 Å². The van der Waals surface area contributed by atoms with Crippen LogP contribution in [0.1, 0.15) is 83.5 Å². The third-order valence-electron chi connectivity index (χ3n) is 3.89. The van der Waals surface area contributed by atoms with E-state index in [4.69, 9.17) is 4.63 Å². The second-order valence-corrected chi connectivity index (χ2v) is 5.67. The maximum Gasteiger partial charge on any atom is 0.113 e. The van der Waals surface area contributed by atoms with Crippen molar-refractivity contribution >= 4 is 0 Å². The van der Waals surface area contributed by atoms with Crippen molar-refractivity contribution < 1.29 is 4.63 Å². The molecule has 0 saturated carbocycles. The zero-order valence-electron chi connectivity index (χ0n) is 12.5. The van der Waals surface area contributed by atoms with Gasteiger partial charge >= 0.3 is 0 Å². The van der Waals surface area contributed by atoms with Gasteiger partial charge < -0.3 is 0 Å². The summed E-state index contributed by atoms with van der Waals surface area (Å²) in [5.74, 6) is 0. The summed E-state index contributed by atoms with van der Waals surface area (Å²) in [6.07, 6.45) is 10.1. The first-order valence-corrected chi connectivity index (χ1v) is 7.43. The van der Waals surface area contributed by atoms with E-state index < -0.39 is 0 Å². The monoisotopic (exact) mass is 252 g/mol. The first-order valence-electron chi connectivity index (χ1n) is 7.43. The van der Waals surface area contributed by atoms with Crippen LogP contribution in [-0.4, -0.2) is 10.3 Å². The zero-order chi connectivity index (χ0) is 13.4. The van der Waals surface area contributed by atoms with Gasteiger partial charge in [0.25, 0.3) is 0 Å². The van der Waals surface area contributed by atoms with E-state index in [0.717, 1.165) is 11.4 Å². The number of unbranched alkanes of at least 4 members (excludes halogenated alkanes) is 4. The number of hydrogen-bond acceptors (Lipinski definition) is 3. The van der Waals surface area contributed by atoms with Crippen LogP contribution in [0.4, 0.5) is 0 Å². The quantitative estimate of drug-likeness (QED) is 0.593. The molecule has 0 bridgehead atoms. The van der Waals surface area contributed by atoms with Crippen LogP contribution in [0.15, 0.2) is 4.63 Å². The van der Waals surface area contributed by atoms with Gasteiger partial charge in [0, 0.05) is 5.41 Å². The van der Waals surface area contributed by atoms with Gasteiger partial charge in [-0.05, 0) is 19.8 Å². The first kappa shape index (κ1) is 15.2.